The minimum atomic E-state index is -0.969. The average Bonchev–Trinajstić information content (AvgIpc) is 2.57. The lowest BCUT2D eigenvalue weighted by molar-refractivity contribution is -0.194. The average molecular weight is 389 g/mol. The van der Waals surface area contributed by atoms with Gasteiger partial charge < -0.3 is 10.1 Å². The van der Waals surface area contributed by atoms with Crippen molar-refractivity contribution in [2.45, 2.75) is 6.92 Å². The maximum atomic E-state index is 11.8. The summed E-state index contributed by atoms with van der Waals surface area (Å²) in [6.45, 7) is 4.70. The first-order valence-corrected chi connectivity index (χ1v) is 7.59. The zero-order chi connectivity index (χ0) is 18.8. The van der Waals surface area contributed by atoms with Crippen molar-refractivity contribution in [3.63, 3.8) is 0 Å². The SMILES string of the molecule is C=CN=C(/C=C\C)CNc1ncc(C(=O)OCOF)c(Cl)c1C(=N)Cl. The number of allylic oxidation sites excluding steroid dienone is 1. The molecule has 0 amide bonds. The molecular weight excluding hydrogens is 374 g/mol. The minimum absolute atomic E-state index is 0.00242. The quantitative estimate of drug-likeness (QED) is 0.380. The van der Waals surface area contributed by atoms with Crippen LogP contribution in [0.1, 0.15) is 22.8 Å². The molecule has 0 bridgehead atoms. The number of rotatable bonds is 9. The number of anilines is 1. The molecule has 0 atom stereocenters. The highest BCUT2D eigenvalue weighted by Crippen LogP contribution is 2.28. The summed E-state index contributed by atoms with van der Waals surface area (Å²) in [5, 5.41) is 9.97. The smallest absolute Gasteiger partial charge is 0.343 e. The number of hydrogen-bond donors (Lipinski definition) is 2. The number of halogens is 3. The number of carbonyl (C=O) groups is 1. The first-order chi connectivity index (χ1) is 12.0. The van der Waals surface area contributed by atoms with E-state index in [0.717, 1.165) is 6.20 Å². The van der Waals surface area contributed by atoms with Crippen LogP contribution in [0.25, 0.3) is 0 Å². The van der Waals surface area contributed by atoms with Crippen LogP contribution in [0.3, 0.4) is 0 Å². The van der Waals surface area contributed by atoms with Gasteiger partial charge in [-0.3, -0.25) is 10.4 Å². The van der Waals surface area contributed by atoms with Gasteiger partial charge in [-0.05, 0) is 17.5 Å². The second-order valence-electron chi connectivity index (χ2n) is 4.34. The van der Waals surface area contributed by atoms with E-state index in [2.05, 4.69) is 31.6 Å². The lowest BCUT2D eigenvalue weighted by Crippen LogP contribution is -2.17. The van der Waals surface area contributed by atoms with Gasteiger partial charge in [-0.25, -0.2) is 9.78 Å². The largest absolute Gasteiger partial charge is 0.432 e. The summed E-state index contributed by atoms with van der Waals surface area (Å²) in [5.74, 6) is -0.798. The van der Waals surface area contributed by atoms with Crippen LogP contribution in [0.15, 0.2) is 36.1 Å². The lowest BCUT2D eigenvalue weighted by atomic mass is 10.2. The van der Waals surface area contributed by atoms with Gasteiger partial charge in [0.15, 0.2) is 0 Å². The summed E-state index contributed by atoms with van der Waals surface area (Å²) in [7, 11) is 0. The minimum Gasteiger partial charge on any atom is -0.432 e. The molecule has 1 rings (SSSR count). The summed E-state index contributed by atoms with van der Waals surface area (Å²) >= 11 is 11.9. The van der Waals surface area contributed by atoms with Crippen molar-refractivity contribution >= 4 is 45.9 Å². The fourth-order valence-corrected chi connectivity index (χ4v) is 2.29. The van der Waals surface area contributed by atoms with Gasteiger partial charge in [0, 0.05) is 12.4 Å². The second kappa shape index (κ2) is 10.5. The van der Waals surface area contributed by atoms with E-state index in [4.69, 9.17) is 28.6 Å². The number of esters is 1. The third kappa shape index (κ3) is 5.93. The monoisotopic (exact) mass is 388 g/mol. The zero-order valence-corrected chi connectivity index (χ0v) is 14.7. The van der Waals surface area contributed by atoms with Crippen molar-refractivity contribution < 1.29 is 19.0 Å². The highest BCUT2D eigenvalue weighted by Gasteiger charge is 2.21. The van der Waals surface area contributed by atoms with E-state index >= 15 is 0 Å². The Kier molecular flexibility index (Phi) is 8.76. The van der Waals surface area contributed by atoms with Crippen molar-refractivity contribution in [2.75, 3.05) is 18.7 Å². The van der Waals surface area contributed by atoms with Crippen molar-refractivity contribution in [3.8, 4) is 0 Å². The first kappa shape index (κ1) is 20.8. The zero-order valence-electron chi connectivity index (χ0n) is 13.2. The predicted octanol–water partition coefficient (Wildman–Crippen LogP) is 3.89. The molecular formula is C15H15Cl2FN4O3. The van der Waals surface area contributed by atoms with Crippen LogP contribution in [-0.2, 0) is 9.68 Å². The summed E-state index contributed by atoms with van der Waals surface area (Å²) in [5.41, 5.74) is 0.460. The number of pyridine rings is 1. The second-order valence-corrected chi connectivity index (χ2v) is 5.09. The van der Waals surface area contributed by atoms with Gasteiger partial charge in [-0.2, -0.15) is 4.94 Å². The van der Waals surface area contributed by atoms with Crippen LogP contribution in [-0.4, -0.2) is 35.2 Å². The van der Waals surface area contributed by atoms with E-state index in [1.54, 1.807) is 12.2 Å². The van der Waals surface area contributed by atoms with Gasteiger partial charge in [0.2, 0.25) is 6.79 Å². The van der Waals surface area contributed by atoms with Gasteiger partial charge in [-0.15, -0.1) is 0 Å². The summed E-state index contributed by atoms with van der Waals surface area (Å²) in [6.07, 6.45) is 6.05. The maximum Gasteiger partial charge on any atom is 0.343 e. The number of aromatic nitrogens is 1. The first-order valence-electron chi connectivity index (χ1n) is 6.83. The van der Waals surface area contributed by atoms with E-state index in [-0.39, 0.29) is 28.5 Å². The number of nitrogens with zero attached hydrogens (tertiary/aromatic N) is 2. The molecule has 0 fully saturated rings. The Balaban J connectivity index is 3.15. The molecule has 1 heterocycles. The van der Waals surface area contributed by atoms with Crippen LogP contribution in [0.4, 0.5) is 10.3 Å². The highest BCUT2D eigenvalue weighted by atomic mass is 35.5. The Hall–Kier alpha value is -2.29. The molecule has 134 valence electrons. The van der Waals surface area contributed by atoms with E-state index in [1.807, 2.05) is 6.92 Å². The van der Waals surface area contributed by atoms with Crippen LogP contribution >= 0.6 is 23.2 Å². The Morgan fingerprint density at radius 1 is 1.60 bits per heavy atom. The van der Waals surface area contributed by atoms with E-state index < -0.39 is 17.9 Å². The predicted molar refractivity (Wildman–Crippen MR) is 95.3 cm³/mol. The topological polar surface area (TPSA) is 96.7 Å². The maximum absolute atomic E-state index is 11.8. The van der Waals surface area contributed by atoms with E-state index in [9.17, 15) is 9.32 Å². The third-order valence-electron chi connectivity index (χ3n) is 2.74. The summed E-state index contributed by atoms with van der Waals surface area (Å²) in [6, 6.07) is 0. The number of aliphatic imine (C=N–C) groups is 1. The molecule has 0 saturated carbocycles. The fourth-order valence-electron chi connectivity index (χ4n) is 1.75. The van der Waals surface area contributed by atoms with Gasteiger partial charge in [0.05, 0.1) is 28.4 Å². The molecule has 0 aliphatic carbocycles. The lowest BCUT2D eigenvalue weighted by Gasteiger charge is -2.13. The van der Waals surface area contributed by atoms with E-state index in [0.29, 0.717) is 5.71 Å². The molecule has 0 saturated heterocycles. The van der Waals surface area contributed by atoms with Gasteiger partial charge in [0.1, 0.15) is 11.0 Å². The molecule has 0 aliphatic heterocycles. The molecule has 2 N–H and O–H groups in total. The molecule has 0 aromatic carbocycles. The number of hydrogen-bond acceptors (Lipinski definition) is 7. The molecule has 0 aliphatic rings. The van der Waals surface area contributed by atoms with Crippen molar-refractivity contribution in [3.05, 3.63) is 47.3 Å². The molecule has 0 spiro atoms. The number of ether oxygens (including phenoxy) is 1. The Bertz CT molecular complexity index is 723. The molecule has 0 unspecified atom stereocenters. The van der Waals surface area contributed by atoms with Gasteiger partial charge >= 0.3 is 5.97 Å². The van der Waals surface area contributed by atoms with Crippen LogP contribution in [0.5, 0.6) is 0 Å². The highest BCUT2D eigenvalue weighted by molar-refractivity contribution is 6.70. The van der Waals surface area contributed by atoms with Crippen molar-refractivity contribution in [1.82, 2.24) is 4.98 Å². The van der Waals surface area contributed by atoms with Gasteiger partial charge in [0.25, 0.3) is 0 Å². The van der Waals surface area contributed by atoms with Crippen molar-refractivity contribution in [2.24, 2.45) is 4.99 Å². The molecule has 1 aromatic rings. The normalized spacial score (nSPS) is 11.4. The third-order valence-corrected chi connectivity index (χ3v) is 3.32. The Morgan fingerprint density at radius 2 is 2.32 bits per heavy atom. The van der Waals surface area contributed by atoms with Crippen LogP contribution < -0.4 is 5.32 Å². The van der Waals surface area contributed by atoms with Crippen LogP contribution in [0, 0.1) is 5.41 Å². The van der Waals surface area contributed by atoms with Crippen LogP contribution in [0.2, 0.25) is 5.02 Å². The summed E-state index contributed by atoms with van der Waals surface area (Å²) < 4.78 is 16.1. The molecule has 7 nitrogen and oxygen atoms in total. The molecule has 0 radical (unpaired) electrons. The van der Waals surface area contributed by atoms with E-state index in [1.165, 1.54) is 6.20 Å². The van der Waals surface area contributed by atoms with Crippen molar-refractivity contribution in [1.29, 1.82) is 5.41 Å². The number of carbonyl (C=O) groups excluding carboxylic acids is 1. The Morgan fingerprint density at radius 3 is 2.88 bits per heavy atom. The molecule has 25 heavy (non-hydrogen) atoms. The van der Waals surface area contributed by atoms with Gasteiger partial charge in [-0.1, -0.05) is 35.9 Å². The Labute approximate surface area is 153 Å². The standard InChI is InChI=1S/C15H15Cl2FN4O3/c1-3-5-9(20-4-2)6-21-14-11(13(17)19)12(16)10(7-22-14)15(23)24-8-25-18/h3-5,7,19H,2,6,8H2,1H3,(H,21,22)/b5-3-,19-13?,20-9?. The molecule has 1 aromatic heterocycles. The number of nitrogens with one attached hydrogen (secondary N) is 2. The molecule has 10 heteroatoms. The summed E-state index contributed by atoms with van der Waals surface area (Å²) in [4.78, 5) is 23.0. The fraction of sp³-hybridized carbons (Fsp3) is 0.200.